The Morgan fingerprint density at radius 3 is 2.76 bits per heavy atom. The van der Waals surface area contributed by atoms with Gasteiger partial charge < -0.3 is 9.59 Å². The third kappa shape index (κ3) is 7.13. The van der Waals surface area contributed by atoms with Gasteiger partial charge in [-0.1, -0.05) is 0 Å². The summed E-state index contributed by atoms with van der Waals surface area (Å²) < 4.78 is 47.1. The van der Waals surface area contributed by atoms with Crippen molar-refractivity contribution in [2.24, 2.45) is 0 Å². The van der Waals surface area contributed by atoms with Gasteiger partial charge in [0.15, 0.2) is 0 Å². The third-order valence-corrected chi connectivity index (χ3v) is 9.58. The van der Waals surface area contributed by atoms with E-state index in [1.165, 1.54) is 55.0 Å². The van der Waals surface area contributed by atoms with E-state index in [4.69, 9.17) is 15.6 Å². The Morgan fingerprint density at radius 2 is 2.10 bits per heavy atom. The van der Waals surface area contributed by atoms with Crippen LogP contribution in [0.4, 0.5) is 24.7 Å². The SMILES string of the molecule is CC1CCCC2C[N+]12CCO.CNC(=O)c1ccc(NCC#Cc2nn3c(N)cccc3c2[Se]C(F)(F)F)c(OC)c1. The summed E-state index contributed by atoms with van der Waals surface area (Å²) in [5.41, 5.74) is 7.18. The molecule has 0 spiro atoms. The van der Waals surface area contributed by atoms with Gasteiger partial charge in [0.25, 0.3) is 0 Å². The number of methoxy groups -OCH3 is 1. The van der Waals surface area contributed by atoms with Crippen molar-refractivity contribution in [1.29, 1.82) is 0 Å². The first-order chi connectivity index (χ1) is 20.0. The monoisotopic (exact) mass is 653 g/mol. The van der Waals surface area contributed by atoms with Crippen molar-refractivity contribution in [3.05, 3.63) is 47.7 Å². The van der Waals surface area contributed by atoms with Gasteiger partial charge in [-0.3, -0.25) is 0 Å². The topological polar surface area (TPSA) is 114 Å². The number of hydrogen-bond donors (Lipinski definition) is 4. The summed E-state index contributed by atoms with van der Waals surface area (Å²) >= 11 is -1.82. The van der Waals surface area contributed by atoms with Crippen molar-refractivity contribution in [2.75, 3.05) is 51.4 Å². The number of pyridine rings is 1. The number of rotatable bonds is 7. The molecule has 2 aromatic heterocycles. The number of halogens is 3. The number of carbonyl (C=O) groups excluding carboxylic acids is 1. The molecule has 5 N–H and O–H groups in total. The number of nitrogens with one attached hydrogen (secondary N) is 2. The summed E-state index contributed by atoms with van der Waals surface area (Å²) in [4.78, 5) is 11.7. The normalized spacial score (nSPS) is 20.8. The number of benzene rings is 1. The number of quaternary nitrogens is 1. The van der Waals surface area contributed by atoms with Crippen LogP contribution in [-0.4, -0.2) is 97.6 Å². The molecule has 226 valence electrons. The molecule has 3 unspecified atom stereocenters. The predicted molar refractivity (Wildman–Crippen MR) is 157 cm³/mol. The Kier molecular flexibility index (Phi) is 9.94. The molecule has 0 radical (unpaired) electrons. The number of aromatic nitrogens is 2. The summed E-state index contributed by atoms with van der Waals surface area (Å²) in [7, 11) is 2.99. The molecule has 2 saturated heterocycles. The Morgan fingerprint density at radius 1 is 1.31 bits per heavy atom. The fraction of sp³-hybridized carbons (Fsp3) is 0.448. The van der Waals surface area contributed by atoms with Crippen LogP contribution in [0.3, 0.4) is 0 Å². The Balaban J connectivity index is 0.000000305. The first-order valence-electron chi connectivity index (χ1n) is 13.7. The van der Waals surface area contributed by atoms with E-state index in [-0.39, 0.29) is 28.4 Å². The van der Waals surface area contributed by atoms with Crippen molar-refractivity contribution in [3.63, 3.8) is 0 Å². The molecule has 2 fully saturated rings. The van der Waals surface area contributed by atoms with Crippen LogP contribution in [0.15, 0.2) is 36.4 Å². The molecule has 13 heteroatoms. The molecule has 0 aliphatic carbocycles. The van der Waals surface area contributed by atoms with Gasteiger partial charge in [0, 0.05) is 13.5 Å². The molecule has 3 atom stereocenters. The third-order valence-electron chi connectivity index (χ3n) is 7.82. The average molecular weight is 653 g/mol. The summed E-state index contributed by atoms with van der Waals surface area (Å²) in [5, 5.41) is 14.3. The molecule has 1 amide bonds. The summed E-state index contributed by atoms with van der Waals surface area (Å²) in [6.07, 6.45) is 4.19. The van der Waals surface area contributed by atoms with Crippen molar-refractivity contribution in [2.45, 2.75) is 43.3 Å². The number of hydrogen-bond acceptors (Lipinski definition) is 6. The number of anilines is 2. The minimum absolute atomic E-state index is 0.0345. The number of aliphatic hydroxyl groups is 1. The van der Waals surface area contributed by atoms with E-state index in [1.54, 1.807) is 30.3 Å². The number of nitrogens with two attached hydrogens (primary N) is 1. The standard InChI is InChI=1S/C20H18F3N5O2Se.C9H18NO/c1-25-19(29)12-8-9-13(16(11-12)30-2)26-10-4-5-14-18(31-20(21,22)23)15-6-3-7-17(24)28(15)27-14;1-8-3-2-4-9-7-10(8,9)5-6-11/h3,6-9,11,26H,10,24H2,1-2H3,(H,25,29);8-9,11H,2-7H2,1H3/q;+1. The number of nitrogens with zero attached hydrogens (tertiary/aromatic N) is 3. The zero-order chi connectivity index (χ0) is 30.5. The molecule has 5 rings (SSSR count). The second-order valence-corrected chi connectivity index (χ2v) is 12.5. The molecule has 0 bridgehead atoms. The average Bonchev–Trinajstić information content (AvgIpc) is 3.59. The first-order valence-corrected chi connectivity index (χ1v) is 15.4. The maximum absolute atomic E-state index is 13.1. The van der Waals surface area contributed by atoms with E-state index in [1.807, 2.05) is 0 Å². The van der Waals surface area contributed by atoms with Crippen molar-refractivity contribution >= 4 is 42.3 Å². The van der Waals surface area contributed by atoms with Gasteiger partial charge in [0.2, 0.25) is 0 Å². The number of piperidine rings is 1. The van der Waals surface area contributed by atoms with E-state index < -0.39 is 20.0 Å². The predicted octanol–water partition coefficient (Wildman–Crippen LogP) is 2.35. The number of alkyl halides is 3. The molecule has 0 saturated carbocycles. The van der Waals surface area contributed by atoms with E-state index in [2.05, 4.69) is 34.5 Å². The zero-order valence-electron chi connectivity index (χ0n) is 23.8. The molecular weight excluding hydrogens is 616 g/mol. The van der Waals surface area contributed by atoms with Gasteiger partial charge in [-0.15, -0.1) is 0 Å². The minimum atomic E-state index is -4.35. The number of fused-ring (bicyclic) bond motifs is 2. The van der Waals surface area contributed by atoms with Gasteiger partial charge in [-0.05, 0) is 19.8 Å². The number of ether oxygens (including phenoxy) is 1. The van der Waals surface area contributed by atoms with Crippen molar-refractivity contribution in [3.8, 4) is 17.6 Å². The van der Waals surface area contributed by atoms with Crippen LogP contribution in [0.25, 0.3) is 5.52 Å². The maximum atomic E-state index is 13.1. The first kappa shape index (κ1) is 31.5. The molecule has 2 aliphatic heterocycles. The zero-order valence-corrected chi connectivity index (χ0v) is 25.5. The second kappa shape index (κ2) is 13.3. The molecule has 4 heterocycles. The van der Waals surface area contributed by atoms with E-state index in [0.717, 1.165) is 18.6 Å². The second-order valence-electron chi connectivity index (χ2n) is 10.3. The van der Waals surface area contributed by atoms with Crippen LogP contribution in [0.5, 0.6) is 5.75 Å². The van der Waals surface area contributed by atoms with Crippen LogP contribution < -0.4 is 25.6 Å². The van der Waals surface area contributed by atoms with Crippen molar-refractivity contribution < 1.29 is 32.3 Å². The Labute approximate surface area is 249 Å². The molecule has 42 heavy (non-hydrogen) atoms. The van der Waals surface area contributed by atoms with E-state index >= 15 is 0 Å². The van der Waals surface area contributed by atoms with Crippen LogP contribution in [0.2, 0.25) is 0 Å². The number of nitrogen functional groups attached to an aromatic ring is 1. The Hall–Kier alpha value is -3.43. The molecule has 3 aromatic rings. The molecule has 2 aliphatic rings. The van der Waals surface area contributed by atoms with Gasteiger partial charge in [-0.25, -0.2) is 0 Å². The summed E-state index contributed by atoms with van der Waals surface area (Å²) in [5.74, 6) is 5.90. The number of amides is 1. The fourth-order valence-corrected chi connectivity index (χ4v) is 7.00. The van der Waals surface area contributed by atoms with Gasteiger partial charge in [0.1, 0.15) is 19.1 Å². The van der Waals surface area contributed by atoms with Gasteiger partial charge in [0.05, 0.1) is 12.6 Å². The van der Waals surface area contributed by atoms with Crippen LogP contribution in [-0.2, 0) is 0 Å². The molecule has 1 aromatic carbocycles. The van der Waals surface area contributed by atoms with E-state index in [9.17, 15) is 18.0 Å². The summed E-state index contributed by atoms with van der Waals surface area (Å²) in [6, 6.07) is 11.3. The molecular formula is C29H36F3N6O3Se+. The van der Waals surface area contributed by atoms with Crippen LogP contribution in [0, 0.1) is 11.8 Å². The Bertz CT molecular complexity index is 1480. The molecule has 9 nitrogen and oxygen atoms in total. The van der Waals surface area contributed by atoms with Crippen molar-refractivity contribution in [1.82, 2.24) is 14.9 Å². The van der Waals surface area contributed by atoms with Gasteiger partial charge >= 0.3 is 175 Å². The quantitative estimate of drug-likeness (QED) is 0.135. The van der Waals surface area contributed by atoms with Crippen LogP contribution in [0.1, 0.15) is 42.2 Å². The van der Waals surface area contributed by atoms with Gasteiger partial charge in [-0.2, -0.15) is 0 Å². The van der Waals surface area contributed by atoms with Crippen LogP contribution >= 0.6 is 0 Å². The number of aliphatic hydroxyl groups excluding tert-OH is 1. The summed E-state index contributed by atoms with van der Waals surface area (Å²) in [6.45, 7) is 5.20. The fourth-order valence-electron chi connectivity index (χ4n) is 5.58. The number of carbonyl (C=O) groups is 1. The van der Waals surface area contributed by atoms with E-state index in [0.29, 0.717) is 29.1 Å².